The zero-order chi connectivity index (χ0) is 37.1. The minimum Gasteiger partial charge on any atom is -0.463 e. The van der Waals surface area contributed by atoms with Crippen molar-refractivity contribution >= 4 is 35.5 Å². The summed E-state index contributed by atoms with van der Waals surface area (Å²) in [5, 5.41) is 73.2. The molecule has 292 valence electrons. The van der Waals surface area contributed by atoms with Gasteiger partial charge < -0.3 is 73.6 Å². The summed E-state index contributed by atoms with van der Waals surface area (Å²) in [5.74, 6) is -1.47. The van der Waals surface area contributed by atoms with E-state index in [1.165, 1.54) is 32.7 Å². The Labute approximate surface area is 300 Å². The maximum atomic E-state index is 12.6. The van der Waals surface area contributed by atoms with Crippen molar-refractivity contribution in [3.63, 3.8) is 0 Å². The monoisotopic (exact) mass is 762 g/mol. The van der Waals surface area contributed by atoms with Crippen LogP contribution in [0.4, 0.5) is 0 Å². The smallest absolute Gasteiger partial charge is 0.311 e. The number of carbonyl (C=O) groups excluding carboxylic acids is 2. The van der Waals surface area contributed by atoms with Crippen LogP contribution in [0.1, 0.15) is 33.1 Å². The minimum absolute atomic E-state index is 0.378. The van der Waals surface area contributed by atoms with Crippen LogP contribution in [0.25, 0.3) is 0 Å². The number of aliphatic hydroxyl groups excluding tert-OH is 7. The number of thioether (sulfide) groups is 2. The largest absolute Gasteiger partial charge is 0.463 e. The zero-order valence-electron chi connectivity index (χ0n) is 28.9. The fourth-order valence-corrected chi connectivity index (χ4v) is 6.79. The summed E-state index contributed by atoms with van der Waals surface area (Å²) >= 11 is 3.12. The van der Waals surface area contributed by atoms with Gasteiger partial charge in [-0.3, -0.25) is 9.59 Å². The van der Waals surface area contributed by atoms with Crippen molar-refractivity contribution in [1.29, 1.82) is 0 Å². The molecule has 16 atom stereocenters. The van der Waals surface area contributed by atoms with Gasteiger partial charge in [0.2, 0.25) is 0 Å². The summed E-state index contributed by atoms with van der Waals surface area (Å²) in [6.07, 6.45) is -13.0. The average Bonchev–Trinajstić information content (AvgIpc) is 3.64. The molecular formula is C31H54O17S2. The van der Waals surface area contributed by atoms with Crippen LogP contribution in [0.5, 0.6) is 0 Å². The molecule has 3 saturated heterocycles. The predicted molar refractivity (Wildman–Crippen MR) is 177 cm³/mol. The van der Waals surface area contributed by atoms with Gasteiger partial charge in [0.15, 0.2) is 18.9 Å². The third-order valence-electron chi connectivity index (χ3n) is 8.92. The predicted octanol–water partition coefficient (Wildman–Crippen LogP) is -2.01. The Balaban J connectivity index is 1.55. The van der Waals surface area contributed by atoms with E-state index in [1.807, 2.05) is 12.5 Å². The lowest BCUT2D eigenvalue weighted by molar-refractivity contribution is -0.228. The van der Waals surface area contributed by atoms with Crippen molar-refractivity contribution in [1.82, 2.24) is 0 Å². The molecule has 0 amide bonds. The van der Waals surface area contributed by atoms with Gasteiger partial charge in [-0.2, -0.15) is 23.5 Å². The van der Waals surface area contributed by atoms with Gasteiger partial charge in [-0.05, 0) is 57.1 Å². The second-order valence-electron chi connectivity index (χ2n) is 12.6. The number of carbonyl (C=O) groups is 2. The van der Waals surface area contributed by atoms with Gasteiger partial charge in [0.25, 0.3) is 0 Å². The molecule has 0 aromatic rings. The maximum absolute atomic E-state index is 12.6. The highest BCUT2D eigenvalue weighted by Crippen LogP contribution is 2.32. The second kappa shape index (κ2) is 21.1. The van der Waals surface area contributed by atoms with Gasteiger partial charge in [0.1, 0.15) is 68.1 Å². The molecule has 0 aromatic heterocycles. The lowest BCUT2D eigenvalue weighted by Gasteiger charge is -2.26. The maximum Gasteiger partial charge on any atom is 0.311 e. The molecule has 0 saturated carbocycles. The van der Waals surface area contributed by atoms with E-state index in [0.29, 0.717) is 25.0 Å². The third-order valence-corrected chi connectivity index (χ3v) is 10.3. The highest BCUT2D eigenvalue weighted by molar-refractivity contribution is 7.98. The molecule has 0 spiro atoms. The summed E-state index contributed by atoms with van der Waals surface area (Å²) in [7, 11) is 1.28. The third kappa shape index (κ3) is 11.6. The number of aliphatic hydroxyl groups is 7. The molecule has 0 radical (unpaired) electrons. The molecule has 3 heterocycles. The van der Waals surface area contributed by atoms with Crippen LogP contribution >= 0.6 is 23.5 Å². The van der Waals surface area contributed by atoms with Crippen LogP contribution in [0.3, 0.4) is 0 Å². The van der Waals surface area contributed by atoms with Gasteiger partial charge in [-0.15, -0.1) is 0 Å². The molecule has 3 aliphatic rings. The number of ether oxygens (including phenoxy) is 8. The molecule has 0 aromatic carbocycles. The highest BCUT2D eigenvalue weighted by Gasteiger charge is 2.52. The number of methoxy groups -OCH3 is 1. The summed E-state index contributed by atoms with van der Waals surface area (Å²) in [6.45, 7) is 1.74. The van der Waals surface area contributed by atoms with Crippen molar-refractivity contribution in [2.24, 2.45) is 11.8 Å². The Morgan fingerprint density at radius 3 is 1.68 bits per heavy atom. The second-order valence-corrected chi connectivity index (χ2v) is 14.6. The highest BCUT2D eigenvalue weighted by atomic mass is 32.2. The number of hydrogen-bond donors (Lipinski definition) is 7. The van der Waals surface area contributed by atoms with Gasteiger partial charge in [0.05, 0.1) is 30.7 Å². The Kier molecular flexibility index (Phi) is 18.4. The molecule has 11 unspecified atom stereocenters. The normalized spacial score (nSPS) is 36.6. The molecule has 17 nitrogen and oxygen atoms in total. The van der Waals surface area contributed by atoms with Crippen LogP contribution in [-0.4, -0.2) is 185 Å². The zero-order valence-corrected chi connectivity index (χ0v) is 30.6. The topological polar surface area (TPSA) is 250 Å². The van der Waals surface area contributed by atoms with Crippen LogP contribution in [0.2, 0.25) is 0 Å². The summed E-state index contributed by atoms with van der Waals surface area (Å²) in [4.78, 5) is 25.2. The lowest BCUT2D eigenvalue weighted by Crippen LogP contribution is -2.44. The van der Waals surface area contributed by atoms with E-state index in [0.717, 1.165) is 5.75 Å². The summed E-state index contributed by atoms with van der Waals surface area (Å²) in [5.41, 5.74) is 0. The standard InChI is InChI=1S/C31H54O17S2/c1-14(32)16(7-6-9-49-4)27(39)42-11-18-21(34)23(36)30(45-18)44-13-20-26(25(38)29(41-3)47-20)48-31-24(37)22(35)19(46-31)12-43-28(40)17(15(2)33)8-10-50-5/h14-26,29-38H,6-13H2,1-5H3/t14-,15-,16-,17-,18?,19-,20?,21?,22?,23?,24?,25?,26?,29?,30?,31?/m1/s1. The van der Waals surface area contributed by atoms with Crippen molar-refractivity contribution in [3.8, 4) is 0 Å². The first-order valence-corrected chi connectivity index (χ1v) is 19.4. The van der Waals surface area contributed by atoms with E-state index in [2.05, 4.69) is 0 Å². The average molecular weight is 763 g/mol. The first-order chi connectivity index (χ1) is 23.7. The van der Waals surface area contributed by atoms with Crippen LogP contribution < -0.4 is 0 Å². The fraction of sp³-hybridized carbons (Fsp3) is 0.935. The molecule has 50 heavy (non-hydrogen) atoms. The van der Waals surface area contributed by atoms with Crippen molar-refractivity contribution in [3.05, 3.63) is 0 Å². The first-order valence-electron chi connectivity index (χ1n) is 16.6. The van der Waals surface area contributed by atoms with Gasteiger partial charge in [-0.1, -0.05) is 0 Å². The van der Waals surface area contributed by atoms with Crippen LogP contribution in [0.15, 0.2) is 0 Å². The molecule has 0 aliphatic carbocycles. The Bertz CT molecular complexity index is 1030. The van der Waals surface area contributed by atoms with Crippen molar-refractivity contribution in [2.75, 3.05) is 50.9 Å². The molecule has 7 N–H and O–H groups in total. The van der Waals surface area contributed by atoms with Gasteiger partial charge in [0, 0.05) is 7.11 Å². The van der Waals surface area contributed by atoms with E-state index in [9.17, 15) is 45.3 Å². The fourth-order valence-electron chi connectivity index (χ4n) is 5.85. The minimum atomic E-state index is -1.62. The molecule has 3 rings (SSSR count). The van der Waals surface area contributed by atoms with Crippen molar-refractivity contribution in [2.45, 2.75) is 119 Å². The molecule has 3 fully saturated rings. The number of hydrogen-bond acceptors (Lipinski definition) is 19. The van der Waals surface area contributed by atoms with E-state index in [4.69, 9.17) is 37.9 Å². The van der Waals surface area contributed by atoms with Crippen LogP contribution in [0, 0.1) is 11.8 Å². The number of rotatable bonds is 21. The first kappa shape index (κ1) is 43.5. The lowest BCUT2D eigenvalue weighted by atomic mass is 9.98. The van der Waals surface area contributed by atoms with E-state index < -0.39 is 123 Å². The number of esters is 2. The Morgan fingerprint density at radius 2 is 1.16 bits per heavy atom. The summed E-state index contributed by atoms with van der Waals surface area (Å²) in [6, 6.07) is 0. The quantitative estimate of drug-likeness (QED) is 0.0493. The SMILES string of the molecule is COC1OC(COC2OC(COC(=O)[C@H](CCCSC)[C@@H](C)O)C(O)C2O)C(OC2O[C@H](COC(=O)[C@H](CCSC)[C@@H](C)O)C(O)C2O)C1O. The van der Waals surface area contributed by atoms with Gasteiger partial charge in [-0.25, -0.2) is 0 Å². The summed E-state index contributed by atoms with van der Waals surface area (Å²) < 4.78 is 44.2. The van der Waals surface area contributed by atoms with Crippen LogP contribution in [-0.2, 0) is 47.5 Å². The van der Waals surface area contributed by atoms with Gasteiger partial charge >= 0.3 is 11.9 Å². The van der Waals surface area contributed by atoms with E-state index in [-0.39, 0.29) is 6.61 Å². The Morgan fingerprint density at radius 1 is 0.660 bits per heavy atom. The van der Waals surface area contributed by atoms with Crippen molar-refractivity contribution < 1.29 is 83.2 Å². The molecule has 0 bridgehead atoms. The van der Waals surface area contributed by atoms with E-state index >= 15 is 0 Å². The Hall–Kier alpha value is -0.880. The van der Waals surface area contributed by atoms with E-state index in [1.54, 1.807) is 11.8 Å². The molecular weight excluding hydrogens is 708 g/mol. The molecule has 3 aliphatic heterocycles. The molecule has 19 heteroatoms.